The van der Waals surface area contributed by atoms with Gasteiger partial charge in [0.2, 0.25) is 5.88 Å². The summed E-state index contributed by atoms with van der Waals surface area (Å²) in [5, 5.41) is 0.669. The maximum atomic E-state index is 6.01. The summed E-state index contributed by atoms with van der Waals surface area (Å²) < 4.78 is 9.58. The van der Waals surface area contributed by atoms with Crippen molar-refractivity contribution in [1.29, 1.82) is 0 Å². The van der Waals surface area contributed by atoms with E-state index in [0.29, 0.717) is 11.6 Å². The molecule has 3 nitrogen and oxygen atoms in total. The normalized spacial score (nSPS) is 11.4. The fourth-order valence-electron chi connectivity index (χ4n) is 2.05. The van der Waals surface area contributed by atoms with E-state index in [1.165, 1.54) is 0 Å². The first-order chi connectivity index (χ1) is 9.13. The summed E-state index contributed by atoms with van der Waals surface area (Å²) in [4.78, 5) is 4.43. The van der Waals surface area contributed by atoms with Gasteiger partial charge in [-0.05, 0) is 57.0 Å². The maximum absolute atomic E-state index is 6.01. The van der Waals surface area contributed by atoms with Gasteiger partial charge in [0.1, 0.15) is 0 Å². The van der Waals surface area contributed by atoms with Gasteiger partial charge in [0.25, 0.3) is 0 Å². The minimum atomic E-state index is 0.592. The first kappa shape index (κ1) is 13.2. The molecule has 0 unspecified atom stereocenters. The van der Waals surface area contributed by atoms with E-state index in [2.05, 4.69) is 36.8 Å². The number of halogens is 3. The van der Waals surface area contributed by atoms with Gasteiger partial charge in [0.05, 0.1) is 38.3 Å². The van der Waals surface area contributed by atoms with Gasteiger partial charge in [-0.15, -0.1) is 0 Å². The lowest BCUT2D eigenvalue weighted by molar-refractivity contribution is 0.323. The Bertz CT molecular complexity index is 785. The van der Waals surface area contributed by atoms with Crippen LogP contribution in [0.25, 0.3) is 16.6 Å². The number of nitrogens with zero attached hydrogens (tertiary/aromatic N) is 2. The van der Waals surface area contributed by atoms with Crippen LogP contribution in [0.1, 0.15) is 6.92 Å². The fraction of sp³-hybridized carbons (Fsp3) is 0.154. The minimum absolute atomic E-state index is 0.592. The number of hydrogen-bond donors (Lipinski definition) is 0. The van der Waals surface area contributed by atoms with Crippen LogP contribution in [-0.2, 0) is 0 Å². The van der Waals surface area contributed by atoms with Crippen molar-refractivity contribution in [2.45, 2.75) is 6.92 Å². The molecule has 0 bridgehead atoms. The molecular weight excluding hydrogens is 395 g/mol. The van der Waals surface area contributed by atoms with Gasteiger partial charge >= 0.3 is 0 Å². The van der Waals surface area contributed by atoms with Crippen LogP contribution in [0.4, 0.5) is 0 Å². The first-order valence-corrected chi connectivity index (χ1v) is 7.66. The quantitative estimate of drug-likeness (QED) is 0.597. The van der Waals surface area contributed by atoms with Crippen LogP contribution in [0.2, 0.25) is 5.02 Å². The van der Waals surface area contributed by atoms with E-state index < -0.39 is 0 Å². The summed E-state index contributed by atoms with van der Waals surface area (Å²) in [6, 6.07) is 5.63. The Balaban J connectivity index is 2.49. The summed E-state index contributed by atoms with van der Waals surface area (Å²) in [6.07, 6.45) is 1.80. The van der Waals surface area contributed by atoms with E-state index in [4.69, 9.17) is 16.3 Å². The first-order valence-electron chi connectivity index (χ1n) is 5.70. The molecule has 0 amide bonds. The van der Waals surface area contributed by atoms with Crippen molar-refractivity contribution in [2.24, 2.45) is 0 Å². The lowest BCUT2D eigenvalue weighted by Crippen LogP contribution is -1.98. The Morgan fingerprint density at radius 2 is 2.05 bits per heavy atom. The molecule has 0 spiro atoms. The van der Waals surface area contributed by atoms with Crippen molar-refractivity contribution in [1.82, 2.24) is 9.38 Å². The molecule has 0 radical (unpaired) electrons. The third-order valence-electron chi connectivity index (χ3n) is 2.83. The number of benzene rings is 1. The third kappa shape index (κ3) is 2.04. The molecule has 6 heteroatoms. The Morgan fingerprint density at radius 1 is 1.26 bits per heavy atom. The largest absolute Gasteiger partial charge is 0.478 e. The van der Waals surface area contributed by atoms with Crippen molar-refractivity contribution < 1.29 is 4.74 Å². The van der Waals surface area contributed by atoms with Crippen molar-refractivity contribution in [3.05, 3.63) is 38.4 Å². The number of rotatable bonds is 2. The number of ether oxygens (including phenoxy) is 1. The topological polar surface area (TPSA) is 26.5 Å². The standard InChI is InChI=1S/C13H9Br2ClN2O/c1-2-19-13-12(15)11(14)10-6-17-8-5-7(16)3-4-9(8)18(10)13/h3-6H,2H2,1H3. The van der Waals surface area contributed by atoms with Gasteiger partial charge in [0.15, 0.2) is 0 Å². The second-order valence-electron chi connectivity index (χ2n) is 3.98. The summed E-state index contributed by atoms with van der Waals surface area (Å²) in [5.41, 5.74) is 2.73. The van der Waals surface area contributed by atoms with E-state index in [1.54, 1.807) is 6.20 Å². The molecule has 1 aromatic carbocycles. The average molecular weight is 404 g/mol. The van der Waals surface area contributed by atoms with E-state index >= 15 is 0 Å². The monoisotopic (exact) mass is 402 g/mol. The summed E-state index contributed by atoms with van der Waals surface area (Å²) >= 11 is 13.1. The molecule has 3 aromatic rings. The molecule has 0 saturated heterocycles. The molecule has 98 valence electrons. The van der Waals surface area contributed by atoms with Crippen molar-refractivity contribution >= 4 is 60.0 Å². The van der Waals surface area contributed by atoms with Crippen LogP contribution in [0.3, 0.4) is 0 Å². The molecule has 0 saturated carbocycles. The van der Waals surface area contributed by atoms with E-state index in [-0.39, 0.29) is 0 Å². The highest BCUT2D eigenvalue weighted by Crippen LogP contribution is 2.40. The Morgan fingerprint density at radius 3 is 2.79 bits per heavy atom. The van der Waals surface area contributed by atoms with Crippen molar-refractivity contribution in [2.75, 3.05) is 6.61 Å². The zero-order chi connectivity index (χ0) is 13.6. The van der Waals surface area contributed by atoms with E-state index in [1.807, 2.05) is 29.5 Å². The Labute approximate surface area is 131 Å². The van der Waals surface area contributed by atoms with Gasteiger partial charge in [0, 0.05) is 5.02 Å². The predicted octanol–water partition coefficient (Wildman–Crippen LogP) is 5.06. The SMILES string of the molecule is CCOc1c(Br)c(Br)c2cnc3cc(Cl)ccc3n12. The number of aromatic nitrogens is 2. The highest BCUT2D eigenvalue weighted by molar-refractivity contribution is 9.13. The Hall–Kier alpha value is -0.780. The zero-order valence-electron chi connectivity index (χ0n) is 9.95. The van der Waals surface area contributed by atoms with Crippen LogP contribution in [0.15, 0.2) is 33.3 Å². The fourth-order valence-corrected chi connectivity index (χ4v) is 3.16. The molecule has 0 aliphatic heterocycles. The zero-order valence-corrected chi connectivity index (χ0v) is 13.9. The molecule has 0 atom stereocenters. The van der Waals surface area contributed by atoms with Gasteiger partial charge in [-0.1, -0.05) is 11.6 Å². The van der Waals surface area contributed by atoms with E-state index in [9.17, 15) is 0 Å². The second kappa shape index (κ2) is 4.96. The molecule has 0 N–H and O–H groups in total. The smallest absolute Gasteiger partial charge is 0.214 e. The lowest BCUT2D eigenvalue weighted by Gasteiger charge is -2.07. The molecule has 2 heterocycles. The van der Waals surface area contributed by atoms with Crippen LogP contribution >= 0.6 is 43.5 Å². The van der Waals surface area contributed by atoms with Gasteiger partial charge < -0.3 is 4.74 Å². The van der Waals surface area contributed by atoms with Crippen LogP contribution in [-0.4, -0.2) is 16.0 Å². The summed E-state index contributed by atoms with van der Waals surface area (Å²) in [5.74, 6) is 0.763. The van der Waals surface area contributed by atoms with Crippen LogP contribution < -0.4 is 4.74 Å². The van der Waals surface area contributed by atoms with Crippen LogP contribution in [0.5, 0.6) is 5.88 Å². The summed E-state index contributed by atoms with van der Waals surface area (Å²) in [7, 11) is 0. The Kier molecular flexibility index (Phi) is 3.45. The second-order valence-corrected chi connectivity index (χ2v) is 6.00. The van der Waals surface area contributed by atoms with E-state index in [0.717, 1.165) is 31.4 Å². The third-order valence-corrected chi connectivity index (χ3v) is 5.14. The van der Waals surface area contributed by atoms with Crippen molar-refractivity contribution in [3.63, 3.8) is 0 Å². The highest BCUT2D eigenvalue weighted by atomic mass is 79.9. The van der Waals surface area contributed by atoms with Crippen molar-refractivity contribution in [3.8, 4) is 5.88 Å². The van der Waals surface area contributed by atoms with Gasteiger partial charge in [-0.25, -0.2) is 0 Å². The molecule has 0 aliphatic rings. The number of fused-ring (bicyclic) bond motifs is 3. The van der Waals surface area contributed by atoms with Crippen LogP contribution in [0, 0.1) is 0 Å². The predicted molar refractivity (Wildman–Crippen MR) is 84.3 cm³/mol. The molecular formula is C13H9Br2ClN2O. The molecule has 0 aliphatic carbocycles. The molecule has 2 aromatic heterocycles. The number of hydrogen-bond acceptors (Lipinski definition) is 2. The maximum Gasteiger partial charge on any atom is 0.214 e. The minimum Gasteiger partial charge on any atom is -0.478 e. The average Bonchev–Trinajstić information content (AvgIpc) is 2.64. The van der Waals surface area contributed by atoms with Gasteiger partial charge in [-0.3, -0.25) is 9.38 Å². The highest BCUT2D eigenvalue weighted by Gasteiger charge is 2.18. The molecule has 3 rings (SSSR count). The van der Waals surface area contributed by atoms with Gasteiger partial charge in [-0.2, -0.15) is 0 Å². The molecule has 19 heavy (non-hydrogen) atoms. The summed E-state index contributed by atoms with van der Waals surface area (Å²) in [6.45, 7) is 2.55. The lowest BCUT2D eigenvalue weighted by atomic mass is 10.3. The molecule has 0 fully saturated rings.